The number of aryl methyl sites for hydroxylation is 2. The maximum Gasteiger partial charge on any atom is 0.260 e. The summed E-state index contributed by atoms with van der Waals surface area (Å²) < 4.78 is 5.66. The summed E-state index contributed by atoms with van der Waals surface area (Å²) in [6, 6.07) is 5.88. The molecule has 1 aromatic carbocycles. The molecule has 0 heterocycles. The van der Waals surface area contributed by atoms with Crippen LogP contribution in [0.3, 0.4) is 0 Å². The van der Waals surface area contributed by atoms with E-state index in [1.165, 1.54) is 11.1 Å². The van der Waals surface area contributed by atoms with Crippen LogP contribution >= 0.6 is 0 Å². The van der Waals surface area contributed by atoms with Gasteiger partial charge in [-0.1, -0.05) is 19.9 Å². The minimum atomic E-state index is -0.464. The normalized spacial score (nSPS) is 12.3. The second-order valence-electron chi connectivity index (χ2n) is 5.48. The number of ether oxygens (including phenoxy) is 1. The molecule has 1 atom stereocenters. The molecule has 3 heteroatoms. The van der Waals surface area contributed by atoms with Crippen LogP contribution in [0.15, 0.2) is 18.2 Å². The Morgan fingerprint density at radius 2 is 1.89 bits per heavy atom. The highest BCUT2D eigenvalue weighted by Gasteiger charge is 2.14. The minimum Gasteiger partial charge on any atom is -0.481 e. The van der Waals surface area contributed by atoms with Gasteiger partial charge in [0, 0.05) is 6.54 Å². The first-order chi connectivity index (χ1) is 8.90. The van der Waals surface area contributed by atoms with Crippen LogP contribution in [0, 0.1) is 19.8 Å². The summed E-state index contributed by atoms with van der Waals surface area (Å²) in [6.07, 6.45) is 0.525. The Morgan fingerprint density at radius 1 is 1.21 bits per heavy atom. The van der Waals surface area contributed by atoms with E-state index in [0.29, 0.717) is 12.5 Å². The smallest absolute Gasteiger partial charge is 0.260 e. The fourth-order valence-corrected chi connectivity index (χ4v) is 1.67. The third-order valence-corrected chi connectivity index (χ3v) is 3.18. The molecule has 0 unspecified atom stereocenters. The van der Waals surface area contributed by atoms with Crippen LogP contribution in [0.5, 0.6) is 5.75 Å². The van der Waals surface area contributed by atoms with Gasteiger partial charge in [0.2, 0.25) is 0 Å². The SMILES string of the molecule is Cc1ccc(O[C@@H](C)C(=O)NCCC(C)C)cc1C. The van der Waals surface area contributed by atoms with Crippen LogP contribution in [-0.4, -0.2) is 18.6 Å². The van der Waals surface area contributed by atoms with Gasteiger partial charge in [0.1, 0.15) is 5.75 Å². The molecule has 1 aromatic rings. The lowest BCUT2D eigenvalue weighted by Gasteiger charge is -2.16. The zero-order valence-electron chi connectivity index (χ0n) is 12.6. The van der Waals surface area contributed by atoms with Crippen molar-refractivity contribution in [1.29, 1.82) is 0 Å². The molecule has 1 N–H and O–H groups in total. The molecule has 0 radical (unpaired) electrons. The quantitative estimate of drug-likeness (QED) is 0.855. The number of rotatable bonds is 6. The number of carbonyl (C=O) groups is 1. The lowest BCUT2D eigenvalue weighted by atomic mass is 10.1. The highest BCUT2D eigenvalue weighted by molar-refractivity contribution is 5.80. The summed E-state index contributed by atoms with van der Waals surface area (Å²) >= 11 is 0. The molecule has 1 amide bonds. The third-order valence-electron chi connectivity index (χ3n) is 3.18. The Morgan fingerprint density at radius 3 is 2.47 bits per heavy atom. The number of benzene rings is 1. The molecule has 0 aliphatic heterocycles. The maximum atomic E-state index is 11.8. The van der Waals surface area contributed by atoms with Crippen molar-refractivity contribution < 1.29 is 9.53 Å². The van der Waals surface area contributed by atoms with Crippen molar-refractivity contribution in [1.82, 2.24) is 5.32 Å². The molecule has 106 valence electrons. The van der Waals surface area contributed by atoms with Crippen molar-refractivity contribution in [3.05, 3.63) is 29.3 Å². The molecule has 1 rings (SSSR count). The van der Waals surface area contributed by atoms with Crippen LogP contribution < -0.4 is 10.1 Å². The molecule has 3 nitrogen and oxygen atoms in total. The Kier molecular flexibility index (Phi) is 5.87. The number of carbonyl (C=O) groups excluding carboxylic acids is 1. The van der Waals surface area contributed by atoms with Crippen LogP contribution in [0.25, 0.3) is 0 Å². The van der Waals surface area contributed by atoms with Gasteiger partial charge < -0.3 is 10.1 Å². The second-order valence-corrected chi connectivity index (χ2v) is 5.48. The zero-order chi connectivity index (χ0) is 14.4. The Labute approximate surface area is 116 Å². The average Bonchev–Trinajstić information content (AvgIpc) is 2.33. The van der Waals surface area contributed by atoms with Crippen molar-refractivity contribution in [2.45, 2.75) is 47.1 Å². The van der Waals surface area contributed by atoms with E-state index in [-0.39, 0.29) is 5.91 Å². The molecule has 0 aliphatic rings. The van der Waals surface area contributed by atoms with E-state index < -0.39 is 6.10 Å². The topological polar surface area (TPSA) is 38.3 Å². The Balaban J connectivity index is 2.47. The summed E-state index contributed by atoms with van der Waals surface area (Å²) in [5.41, 5.74) is 2.39. The van der Waals surface area contributed by atoms with Gasteiger partial charge in [0.25, 0.3) is 5.91 Å². The van der Waals surface area contributed by atoms with E-state index >= 15 is 0 Å². The fraction of sp³-hybridized carbons (Fsp3) is 0.562. The molecular formula is C16H25NO2. The van der Waals surface area contributed by atoms with Crippen LogP contribution in [0.2, 0.25) is 0 Å². The van der Waals surface area contributed by atoms with E-state index in [2.05, 4.69) is 26.1 Å². The molecule has 0 spiro atoms. The molecule has 0 fully saturated rings. The second kappa shape index (κ2) is 7.17. The van der Waals surface area contributed by atoms with Crippen molar-refractivity contribution in [2.24, 2.45) is 5.92 Å². The highest BCUT2D eigenvalue weighted by atomic mass is 16.5. The minimum absolute atomic E-state index is 0.0566. The van der Waals surface area contributed by atoms with E-state index in [1.54, 1.807) is 6.92 Å². The maximum absolute atomic E-state index is 11.8. The van der Waals surface area contributed by atoms with Gasteiger partial charge in [-0.3, -0.25) is 4.79 Å². The first kappa shape index (κ1) is 15.5. The number of hydrogen-bond donors (Lipinski definition) is 1. The van der Waals surface area contributed by atoms with Gasteiger partial charge in [-0.05, 0) is 56.4 Å². The first-order valence-corrected chi connectivity index (χ1v) is 6.91. The van der Waals surface area contributed by atoms with Gasteiger partial charge >= 0.3 is 0 Å². The van der Waals surface area contributed by atoms with Crippen molar-refractivity contribution in [3.63, 3.8) is 0 Å². The van der Waals surface area contributed by atoms with E-state index in [1.807, 2.05) is 25.1 Å². The number of hydrogen-bond acceptors (Lipinski definition) is 2. The van der Waals surface area contributed by atoms with Gasteiger partial charge in [0.05, 0.1) is 0 Å². The first-order valence-electron chi connectivity index (χ1n) is 6.91. The summed E-state index contributed by atoms with van der Waals surface area (Å²) in [7, 11) is 0. The Hall–Kier alpha value is -1.51. The predicted octanol–water partition coefficient (Wildman–Crippen LogP) is 3.23. The van der Waals surface area contributed by atoms with Crippen LogP contribution in [-0.2, 0) is 4.79 Å². The predicted molar refractivity (Wildman–Crippen MR) is 78.5 cm³/mol. The molecule has 0 saturated carbocycles. The lowest BCUT2D eigenvalue weighted by Crippen LogP contribution is -2.37. The molecule has 19 heavy (non-hydrogen) atoms. The lowest BCUT2D eigenvalue weighted by molar-refractivity contribution is -0.127. The summed E-state index contributed by atoms with van der Waals surface area (Å²) in [5.74, 6) is 1.28. The van der Waals surface area contributed by atoms with Gasteiger partial charge in [0.15, 0.2) is 6.10 Å². The third kappa shape index (κ3) is 5.33. The average molecular weight is 263 g/mol. The van der Waals surface area contributed by atoms with Crippen LogP contribution in [0.4, 0.5) is 0 Å². The van der Waals surface area contributed by atoms with E-state index in [0.717, 1.165) is 12.2 Å². The van der Waals surface area contributed by atoms with Gasteiger partial charge in [-0.15, -0.1) is 0 Å². The standard InChI is InChI=1S/C16H25NO2/c1-11(2)8-9-17-16(18)14(5)19-15-7-6-12(3)13(4)10-15/h6-7,10-11,14H,8-9H2,1-5H3,(H,17,18)/t14-/m0/s1. The fourth-order valence-electron chi connectivity index (χ4n) is 1.67. The van der Waals surface area contributed by atoms with Crippen LogP contribution in [0.1, 0.15) is 38.3 Å². The molecule has 0 aliphatic carbocycles. The summed E-state index contributed by atoms with van der Waals surface area (Å²) in [6.45, 7) is 10.9. The van der Waals surface area contributed by atoms with Crippen molar-refractivity contribution >= 4 is 5.91 Å². The Bertz CT molecular complexity index is 427. The molecular weight excluding hydrogens is 238 g/mol. The highest BCUT2D eigenvalue weighted by Crippen LogP contribution is 2.17. The summed E-state index contributed by atoms with van der Waals surface area (Å²) in [5, 5.41) is 2.90. The van der Waals surface area contributed by atoms with E-state index in [4.69, 9.17) is 4.74 Å². The van der Waals surface area contributed by atoms with Gasteiger partial charge in [-0.25, -0.2) is 0 Å². The summed E-state index contributed by atoms with van der Waals surface area (Å²) in [4.78, 5) is 11.8. The monoisotopic (exact) mass is 263 g/mol. The number of amides is 1. The van der Waals surface area contributed by atoms with Gasteiger partial charge in [-0.2, -0.15) is 0 Å². The van der Waals surface area contributed by atoms with E-state index in [9.17, 15) is 4.79 Å². The van der Waals surface area contributed by atoms with Crippen molar-refractivity contribution in [3.8, 4) is 5.75 Å². The molecule has 0 saturated heterocycles. The molecule has 0 aromatic heterocycles. The number of nitrogens with one attached hydrogen (secondary N) is 1. The zero-order valence-corrected chi connectivity index (χ0v) is 12.6. The largest absolute Gasteiger partial charge is 0.481 e. The molecule has 0 bridgehead atoms. The van der Waals surface area contributed by atoms with Crippen molar-refractivity contribution in [2.75, 3.05) is 6.54 Å².